The van der Waals surface area contributed by atoms with Crippen molar-refractivity contribution in [2.75, 3.05) is 19.4 Å². The normalized spacial score (nSPS) is 11.3. The van der Waals surface area contributed by atoms with E-state index in [9.17, 15) is 13.2 Å². The van der Waals surface area contributed by atoms with Crippen LogP contribution in [0.15, 0.2) is 53.4 Å². The Hall–Kier alpha value is -1.54. The van der Waals surface area contributed by atoms with Crippen LogP contribution < -0.4 is 4.72 Å². The van der Waals surface area contributed by atoms with Gasteiger partial charge in [-0.15, -0.1) is 0 Å². The van der Waals surface area contributed by atoms with Gasteiger partial charge >= 0.3 is 5.97 Å². The van der Waals surface area contributed by atoms with E-state index in [2.05, 4.69) is 9.46 Å². The van der Waals surface area contributed by atoms with Gasteiger partial charge in [0.25, 0.3) is 0 Å². The largest absolute Gasteiger partial charge is 0.465 e. The molecule has 2 aromatic rings. The summed E-state index contributed by atoms with van der Waals surface area (Å²) in [6.45, 7) is 0.288. The number of halogens is 1. The highest BCUT2D eigenvalue weighted by molar-refractivity contribution is 7.98. The number of carbonyl (C=O) groups is 1. The third-order valence-electron chi connectivity index (χ3n) is 3.26. The maximum atomic E-state index is 12.3. The highest BCUT2D eigenvalue weighted by Crippen LogP contribution is 2.17. The fraction of sp³-hybridized carbons (Fsp3) is 0.235. The van der Waals surface area contributed by atoms with Gasteiger partial charge in [0.1, 0.15) is 0 Å². The first-order valence-electron chi connectivity index (χ1n) is 7.42. The fourth-order valence-electron chi connectivity index (χ4n) is 2.06. The van der Waals surface area contributed by atoms with E-state index in [-0.39, 0.29) is 17.0 Å². The summed E-state index contributed by atoms with van der Waals surface area (Å²) in [5.74, 6) is 0.789. The Morgan fingerprint density at radius 2 is 1.96 bits per heavy atom. The van der Waals surface area contributed by atoms with E-state index in [1.54, 1.807) is 11.8 Å². The molecular weight excluding hydrogens is 382 g/mol. The summed E-state index contributed by atoms with van der Waals surface area (Å²) < 4.78 is 31.7. The van der Waals surface area contributed by atoms with E-state index in [1.165, 1.54) is 31.4 Å². The van der Waals surface area contributed by atoms with Crippen molar-refractivity contribution >= 4 is 39.4 Å². The molecule has 2 rings (SSSR count). The number of sulfonamides is 1. The Labute approximate surface area is 156 Å². The molecule has 1 N–H and O–H groups in total. The zero-order chi connectivity index (χ0) is 18.3. The van der Waals surface area contributed by atoms with E-state index >= 15 is 0 Å². The van der Waals surface area contributed by atoms with Crippen LogP contribution in [0.2, 0.25) is 5.02 Å². The number of hydrogen-bond acceptors (Lipinski definition) is 5. The number of esters is 1. The number of methoxy groups -OCH3 is 1. The quantitative estimate of drug-likeness (QED) is 0.544. The summed E-state index contributed by atoms with van der Waals surface area (Å²) in [6.07, 6.45) is 0. The minimum Gasteiger partial charge on any atom is -0.465 e. The fourth-order valence-corrected chi connectivity index (χ4v) is 4.28. The molecule has 0 saturated heterocycles. The Bertz CT molecular complexity index is 840. The monoisotopic (exact) mass is 399 g/mol. The first-order chi connectivity index (χ1) is 11.9. The van der Waals surface area contributed by atoms with E-state index < -0.39 is 16.0 Å². The van der Waals surface area contributed by atoms with Gasteiger partial charge < -0.3 is 4.74 Å². The van der Waals surface area contributed by atoms with Crippen molar-refractivity contribution in [1.29, 1.82) is 0 Å². The van der Waals surface area contributed by atoms with Crippen molar-refractivity contribution in [3.63, 3.8) is 0 Å². The van der Waals surface area contributed by atoms with E-state index in [1.807, 2.05) is 24.3 Å². The summed E-state index contributed by atoms with van der Waals surface area (Å²) >= 11 is 7.53. The zero-order valence-corrected chi connectivity index (χ0v) is 16.0. The van der Waals surface area contributed by atoms with Crippen LogP contribution in [0.4, 0.5) is 0 Å². The highest BCUT2D eigenvalue weighted by Gasteiger charge is 2.16. The van der Waals surface area contributed by atoms with Crippen LogP contribution in [0, 0.1) is 0 Å². The maximum Gasteiger partial charge on any atom is 0.337 e. The summed E-state index contributed by atoms with van der Waals surface area (Å²) in [7, 11) is -2.42. The average molecular weight is 400 g/mol. The molecule has 0 aromatic heterocycles. The molecule has 0 spiro atoms. The van der Waals surface area contributed by atoms with E-state index in [0.717, 1.165) is 11.3 Å². The van der Waals surface area contributed by atoms with Crippen molar-refractivity contribution in [2.24, 2.45) is 0 Å². The van der Waals surface area contributed by atoms with Gasteiger partial charge in [-0.05, 0) is 35.9 Å². The molecule has 0 bridgehead atoms. The van der Waals surface area contributed by atoms with Gasteiger partial charge in [0.05, 0.1) is 17.6 Å². The molecule has 0 aliphatic heterocycles. The zero-order valence-electron chi connectivity index (χ0n) is 13.6. The number of ether oxygens (including phenoxy) is 1. The third-order valence-corrected chi connectivity index (χ3v) is 5.99. The molecule has 134 valence electrons. The Kier molecular flexibility index (Phi) is 7.31. The standard InChI is InChI=1S/C17H18ClNO4S2/c1-23-17(20)14-5-3-7-16(11-14)25(21,22)19-8-9-24-12-13-4-2-6-15(18)10-13/h2-7,10-11,19H,8-9,12H2,1H3. The molecule has 0 atom stereocenters. The first-order valence-corrected chi connectivity index (χ1v) is 10.4. The van der Waals surface area contributed by atoms with Crippen molar-refractivity contribution in [1.82, 2.24) is 4.72 Å². The molecule has 0 fully saturated rings. The van der Waals surface area contributed by atoms with Crippen LogP contribution in [0.3, 0.4) is 0 Å². The number of nitrogens with one attached hydrogen (secondary N) is 1. The second-order valence-corrected chi connectivity index (χ2v) is 8.41. The molecule has 0 amide bonds. The second kappa shape index (κ2) is 9.24. The van der Waals surface area contributed by atoms with Crippen LogP contribution in [0.1, 0.15) is 15.9 Å². The maximum absolute atomic E-state index is 12.3. The van der Waals surface area contributed by atoms with Crippen molar-refractivity contribution in [3.8, 4) is 0 Å². The molecule has 0 aliphatic carbocycles. The van der Waals surface area contributed by atoms with Crippen LogP contribution in [-0.2, 0) is 20.5 Å². The summed E-state index contributed by atoms with van der Waals surface area (Å²) in [5.41, 5.74) is 1.28. The van der Waals surface area contributed by atoms with Gasteiger partial charge in [0, 0.05) is 23.1 Å². The number of benzene rings is 2. The molecule has 0 radical (unpaired) electrons. The molecule has 5 nitrogen and oxygen atoms in total. The Morgan fingerprint density at radius 3 is 2.68 bits per heavy atom. The van der Waals surface area contributed by atoms with Gasteiger partial charge in [-0.3, -0.25) is 0 Å². The van der Waals surface area contributed by atoms with Gasteiger partial charge in [0.15, 0.2) is 0 Å². The van der Waals surface area contributed by atoms with Crippen molar-refractivity contribution in [3.05, 3.63) is 64.7 Å². The predicted octanol–water partition coefficient (Wildman–Crippen LogP) is 3.34. The number of carbonyl (C=O) groups excluding carboxylic acids is 1. The minimum absolute atomic E-state index is 0.0373. The van der Waals surface area contributed by atoms with Crippen molar-refractivity contribution < 1.29 is 17.9 Å². The van der Waals surface area contributed by atoms with Gasteiger partial charge in [0.2, 0.25) is 10.0 Å². The lowest BCUT2D eigenvalue weighted by Crippen LogP contribution is -2.26. The number of rotatable bonds is 8. The lowest BCUT2D eigenvalue weighted by Gasteiger charge is -2.08. The van der Waals surface area contributed by atoms with E-state index in [0.29, 0.717) is 10.8 Å². The lowest BCUT2D eigenvalue weighted by atomic mass is 10.2. The molecule has 8 heteroatoms. The SMILES string of the molecule is COC(=O)c1cccc(S(=O)(=O)NCCSCc2cccc(Cl)c2)c1. The molecule has 0 unspecified atom stereocenters. The lowest BCUT2D eigenvalue weighted by molar-refractivity contribution is 0.0600. The molecule has 0 saturated carbocycles. The molecule has 0 heterocycles. The Balaban J connectivity index is 1.86. The predicted molar refractivity (Wildman–Crippen MR) is 101 cm³/mol. The molecule has 2 aromatic carbocycles. The number of hydrogen-bond donors (Lipinski definition) is 1. The van der Waals surface area contributed by atoms with Gasteiger partial charge in [-0.2, -0.15) is 11.8 Å². The van der Waals surface area contributed by atoms with Gasteiger partial charge in [-0.25, -0.2) is 17.9 Å². The smallest absolute Gasteiger partial charge is 0.337 e. The van der Waals surface area contributed by atoms with Gasteiger partial charge in [-0.1, -0.05) is 29.8 Å². The van der Waals surface area contributed by atoms with Crippen LogP contribution in [0.5, 0.6) is 0 Å². The van der Waals surface area contributed by atoms with Crippen molar-refractivity contribution in [2.45, 2.75) is 10.6 Å². The van der Waals surface area contributed by atoms with Crippen LogP contribution in [0.25, 0.3) is 0 Å². The minimum atomic E-state index is -3.67. The highest BCUT2D eigenvalue weighted by atomic mass is 35.5. The first kappa shape index (κ1) is 19.8. The second-order valence-electron chi connectivity index (χ2n) is 5.10. The molecule has 25 heavy (non-hydrogen) atoms. The number of thioether (sulfide) groups is 1. The molecule has 0 aliphatic rings. The topological polar surface area (TPSA) is 72.5 Å². The van der Waals surface area contributed by atoms with E-state index in [4.69, 9.17) is 11.6 Å². The molecular formula is C17H18ClNO4S2. The Morgan fingerprint density at radius 1 is 1.20 bits per heavy atom. The summed E-state index contributed by atoms with van der Waals surface area (Å²) in [6, 6.07) is 13.3. The third kappa shape index (κ3) is 6.04. The summed E-state index contributed by atoms with van der Waals surface area (Å²) in [4.78, 5) is 11.5. The summed E-state index contributed by atoms with van der Waals surface area (Å²) in [5, 5.41) is 0.685. The average Bonchev–Trinajstić information content (AvgIpc) is 2.61. The van der Waals surface area contributed by atoms with Crippen LogP contribution >= 0.6 is 23.4 Å². The van der Waals surface area contributed by atoms with Crippen LogP contribution in [-0.4, -0.2) is 33.8 Å².